The Kier molecular flexibility index (Phi) is 32.3. The van der Waals surface area contributed by atoms with E-state index in [4.69, 9.17) is 18.9 Å². The first-order chi connectivity index (χ1) is 28.0. The molecule has 0 aromatic carbocycles. The normalized spacial score (nSPS) is 21.0. The summed E-state index contributed by atoms with van der Waals surface area (Å²) in [6.45, 7) is 3.64. The zero-order valence-corrected chi connectivity index (χ0v) is 36.2. The molecule has 0 aliphatic carbocycles. The number of aliphatic hydroxyl groups is 3. The Morgan fingerprint density at radius 1 is 0.586 bits per heavy atom. The average Bonchev–Trinajstić information content (AvgIpc) is 3.18. The van der Waals surface area contributed by atoms with E-state index in [9.17, 15) is 37.9 Å². The van der Waals surface area contributed by atoms with Crippen molar-refractivity contribution in [3.05, 3.63) is 60.8 Å². The van der Waals surface area contributed by atoms with Gasteiger partial charge in [-0.2, -0.15) is 8.42 Å². The van der Waals surface area contributed by atoms with Gasteiger partial charge < -0.3 is 34.3 Å². The molecule has 1 fully saturated rings. The second kappa shape index (κ2) is 35.1. The Labute approximate surface area is 349 Å². The van der Waals surface area contributed by atoms with Crippen LogP contribution in [-0.4, -0.2) is 96.0 Å². The molecule has 1 aliphatic rings. The van der Waals surface area contributed by atoms with Crippen molar-refractivity contribution in [2.75, 3.05) is 19.0 Å². The second-order valence-electron chi connectivity index (χ2n) is 15.0. The molecule has 1 heterocycles. The van der Waals surface area contributed by atoms with Crippen molar-refractivity contribution in [2.24, 2.45) is 0 Å². The molecule has 2 unspecified atom stereocenters. The molecule has 0 spiro atoms. The van der Waals surface area contributed by atoms with Crippen LogP contribution >= 0.6 is 0 Å². The lowest BCUT2D eigenvalue weighted by Gasteiger charge is -2.40. The van der Waals surface area contributed by atoms with E-state index in [1.54, 1.807) is 0 Å². The predicted octanol–water partition coefficient (Wildman–Crippen LogP) is 8.56. The number of esters is 2. The molecule has 4 N–H and O–H groups in total. The third kappa shape index (κ3) is 29.5. The van der Waals surface area contributed by atoms with Crippen molar-refractivity contribution < 1.29 is 56.8 Å². The minimum Gasteiger partial charge on any atom is -0.462 e. The standard InChI is InChI=1S/C45H76O12S/c1-3-5-7-9-11-13-15-16-17-18-19-20-21-22-24-26-28-30-32-34-41(47)56-38(35-54-40(46)33-31-29-27-25-23-14-12-10-8-6-4-2)36-55-45-44(50)43(49)42(48)39(57-45)37-58(51,52)53/h11,13,16-17,19-20,22,24,28,30,38-39,42-45,48-50H,3-10,12,14-15,18,21,23,25-27,29,31-37H2,1-2H3,(H,51,52,53)/b13-11+,17-16+,20-19+,24-22+,30-28+/t38-,39-,42-,43?,44?,45+/m1/s1. The number of hydrogen-bond acceptors (Lipinski definition) is 11. The maximum atomic E-state index is 12.8. The summed E-state index contributed by atoms with van der Waals surface area (Å²) < 4.78 is 53.9. The van der Waals surface area contributed by atoms with Crippen molar-refractivity contribution in [1.82, 2.24) is 0 Å². The zero-order chi connectivity index (χ0) is 42.7. The van der Waals surface area contributed by atoms with E-state index in [-0.39, 0.29) is 19.4 Å². The van der Waals surface area contributed by atoms with Crippen molar-refractivity contribution in [2.45, 2.75) is 192 Å². The topological polar surface area (TPSA) is 186 Å². The summed E-state index contributed by atoms with van der Waals surface area (Å²) in [6.07, 6.45) is 32.8. The molecule has 1 saturated heterocycles. The molecule has 1 aliphatic heterocycles. The van der Waals surface area contributed by atoms with E-state index in [1.165, 1.54) is 64.2 Å². The smallest absolute Gasteiger partial charge is 0.306 e. The van der Waals surface area contributed by atoms with Gasteiger partial charge in [-0.05, 0) is 51.4 Å². The van der Waals surface area contributed by atoms with E-state index in [0.717, 1.165) is 44.9 Å². The maximum Gasteiger partial charge on any atom is 0.306 e. The minimum atomic E-state index is -4.61. The summed E-state index contributed by atoms with van der Waals surface area (Å²) in [5, 5.41) is 30.8. The molecule has 334 valence electrons. The Bertz CT molecular complexity index is 1310. The van der Waals surface area contributed by atoms with Crippen LogP contribution in [0.5, 0.6) is 0 Å². The Hall–Kier alpha value is -2.65. The SMILES string of the molecule is CCCCC/C=C/C/C=C/C/C=C/C/C=C/C/C=C/CCC(=O)O[C@H](COC(=O)CCCCCCCCCCCCC)CO[C@H]1O[C@H](CS(=O)(=O)O)[C@@H](O)C(O)C1O. The third-order valence-electron chi connectivity index (χ3n) is 9.61. The summed E-state index contributed by atoms with van der Waals surface area (Å²) >= 11 is 0. The van der Waals surface area contributed by atoms with Crippen LogP contribution in [0.3, 0.4) is 0 Å². The van der Waals surface area contributed by atoms with Crippen LogP contribution in [0.15, 0.2) is 60.8 Å². The number of ether oxygens (including phenoxy) is 4. The third-order valence-corrected chi connectivity index (χ3v) is 10.4. The average molecular weight is 841 g/mol. The Morgan fingerprint density at radius 3 is 1.60 bits per heavy atom. The van der Waals surface area contributed by atoms with Crippen LogP contribution in [0, 0.1) is 0 Å². The van der Waals surface area contributed by atoms with Gasteiger partial charge in [0.15, 0.2) is 12.4 Å². The lowest BCUT2D eigenvalue weighted by atomic mass is 10.00. The van der Waals surface area contributed by atoms with Crippen molar-refractivity contribution in [3.63, 3.8) is 0 Å². The molecule has 12 nitrogen and oxygen atoms in total. The molecule has 0 aromatic heterocycles. The van der Waals surface area contributed by atoms with Gasteiger partial charge in [-0.25, -0.2) is 0 Å². The van der Waals surface area contributed by atoms with Gasteiger partial charge in [0.05, 0.1) is 6.61 Å². The molecular formula is C45H76O12S. The summed E-state index contributed by atoms with van der Waals surface area (Å²) in [6, 6.07) is 0. The number of allylic oxidation sites excluding steroid dienone is 10. The molecule has 0 bridgehead atoms. The van der Waals surface area contributed by atoms with Crippen molar-refractivity contribution in [1.29, 1.82) is 0 Å². The fraction of sp³-hybridized carbons (Fsp3) is 0.733. The monoisotopic (exact) mass is 841 g/mol. The van der Waals surface area contributed by atoms with Gasteiger partial charge >= 0.3 is 11.9 Å². The minimum absolute atomic E-state index is 0.0399. The van der Waals surface area contributed by atoms with E-state index in [2.05, 4.69) is 62.5 Å². The lowest BCUT2D eigenvalue weighted by molar-refractivity contribution is -0.297. The summed E-state index contributed by atoms with van der Waals surface area (Å²) in [7, 11) is -4.61. The maximum absolute atomic E-state index is 12.8. The highest BCUT2D eigenvalue weighted by Crippen LogP contribution is 2.24. The lowest BCUT2D eigenvalue weighted by Crippen LogP contribution is -2.60. The van der Waals surface area contributed by atoms with Crippen LogP contribution in [-0.2, 0) is 38.7 Å². The summed E-state index contributed by atoms with van der Waals surface area (Å²) in [5.41, 5.74) is 0. The summed E-state index contributed by atoms with van der Waals surface area (Å²) in [5.74, 6) is -2.09. The molecule has 0 aromatic rings. The molecule has 6 atom stereocenters. The van der Waals surface area contributed by atoms with E-state index in [0.29, 0.717) is 19.3 Å². The van der Waals surface area contributed by atoms with Crippen molar-refractivity contribution >= 4 is 22.1 Å². The fourth-order valence-electron chi connectivity index (χ4n) is 6.19. The summed E-state index contributed by atoms with van der Waals surface area (Å²) in [4.78, 5) is 25.3. The first-order valence-electron chi connectivity index (χ1n) is 21.8. The first kappa shape index (κ1) is 53.4. The first-order valence-corrected chi connectivity index (χ1v) is 23.5. The number of rotatable bonds is 35. The molecule has 1 rings (SSSR count). The number of carbonyl (C=O) groups excluding carboxylic acids is 2. The largest absolute Gasteiger partial charge is 0.462 e. The van der Waals surface area contributed by atoms with Crippen LogP contribution in [0.2, 0.25) is 0 Å². The molecule has 0 radical (unpaired) electrons. The van der Waals surface area contributed by atoms with Gasteiger partial charge in [0, 0.05) is 12.8 Å². The highest BCUT2D eigenvalue weighted by atomic mass is 32.2. The molecule has 58 heavy (non-hydrogen) atoms. The van der Waals surface area contributed by atoms with Gasteiger partial charge in [0.2, 0.25) is 0 Å². The van der Waals surface area contributed by atoms with Crippen LogP contribution in [0.1, 0.15) is 155 Å². The van der Waals surface area contributed by atoms with Gasteiger partial charge in [0.1, 0.15) is 36.8 Å². The van der Waals surface area contributed by atoms with Crippen LogP contribution < -0.4 is 0 Å². The molecule has 0 saturated carbocycles. The predicted molar refractivity (Wildman–Crippen MR) is 229 cm³/mol. The highest BCUT2D eigenvalue weighted by Gasteiger charge is 2.46. The number of carbonyl (C=O) groups is 2. The highest BCUT2D eigenvalue weighted by molar-refractivity contribution is 7.85. The van der Waals surface area contributed by atoms with Gasteiger partial charge in [-0.3, -0.25) is 14.1 Å². The molecule has 0 amide bonds. The Balaban J connectivity index is 2.53. The van der Waals surface area contributed by atoms with E-state index < -0.39 is 71.2 Å². The molecular weight excluding hydrogens is 765 g/mol. The van der Waals surface area contributed by atoms with Crippen molar-refractivity contribution in [3.8, 4) is 0 Å². The zero-order valence-electron chi connectivity index (χ0n) is 35.4. The molecule has 13 heteroatoms. The van der Waals surface area contributed by atoms with Gasteiger partial charge in [-0.15, -0.1) is 0 Å². The Morgan fingerprint density at radius 2 is 1.07 bits per heavy atom. The number of hydrogen-bond donors (Lipinski definition) is 4. The fourth-order valence-corrected chi connectivity index (χ4v) is 6.88. The number of aliphatic hydroxyl groups excluding tert-OH is 3. The van der Waals surface area contributed by atoms with Crippen LogP contribution in [0.25, 0.3) is 0 Å². The van der Waals surface area contributed by atoms with E-state index in [1.807, 2.05) is 12.2 Å². The van der Waals surface area contributed by atoms with Gasteiger partial charge in [0.25, 0.3) is 10.1 Å². The second-order valence-corrected chi connectivity index (χ2v) is 16.5. The number of unbranched alkanes of at least 4 members (excludes halogenated alkanes) is 13. The quantitative estimate of drug-likeness (QED) is 0.0207. The van der Waals surface area contributed by atoms with E-state index >= 15 is 0 Å². The van der Waals surface area contributed by atoms with Crippen LogP contribution in [0.4, 0.5) is 0 Å². The van der Waals surface area contributed by atoms with Gasteiger partial charge in [-0.1, -0.05) is 152 Å².